The number of hydrogen-bond acceptors (Lipinski definition) is 5. The number of rotatable bonds is 3. The lowest BCUT2D eigenvalue weighted by Crippen LogP contribution is -2.55. The van der Waals surface area contributed by atoms with E-state index in [1.165, 1.54) is 6.07 Å². The topological polar surface area (TPSA) is 53.0 Å². The van der Waals surface area contributed by atoms with E-state index in [1.807, 2.05) is 4.90 Å². The van der Waals surface area contributed by atoms with Crippen molar-refractivity contribution in [2.75, 3.05) is 32.0 Å². The van der Waals surface area contributed by atoms with Crippen molar-refractivity contribution in [1.82, 2.24) is 9.80 Å². The summed E-state index contributed by atoms with van der Waals surface area (Å²) in [6.45, 7) is 2.47. The van der Waals surface area contributed by atoms with Gasteiger partial charge in [0.1, 0.15) is 12.4 Å². The minimum atomic E-state index is -0.642. The van der Waals surface area contributed by atoms with E-state index < -0.39 is 5.82 Å². The van der Waals surface area contributed by atoms with Crippen LogP contribution in [0.15, 0.2) is 24.3 Å². The molecule has 162 valence electrons. The normalized spacial score (nSPS) is 18.4. The lowest BCUT2D eigenvalue weighted by atomic mass is 9.95. The number of thiol groups is 1. The number of halogens is 2. The monoisotopic (exact) mass is 460 g/mol. The first kappa shape index (κ1) is 21.8. The van der Waals surface area contributed by atoms with Crippen LogP contribution in [0.4, 0.5) is 4.39 Å². The number of hydrogen-bond donors (Lipinski definition) is 2. The third-order valence-electron chi connectivity index (χ3n) is 5.77. The van der Waals surface area contributed by atoms with Crippen molar-refractivity contribution in [2.24, 2.45) is 0 Å². The Kier molecular flexibility index (Phi) is 6.33. The molecule has 0 unspecified atom stereocenters. The van der Waals surface area contributed by atoms with Crippen LogP contribution in [0.3, 0.4) is 0 Å². The number of benzene rings is 2. The molecule has 2 aromatic rings. The SMILES string of the molecule is C#Cc1cc2c(c(F)c1-c1c(O)cccc1Cl)OC[C@H]1CN(C(=O)CCS)CCN1C2. The number of fused-ring (bicyclic) bond motifs is 2. The van der Waals surface area contributed by atoms with Gasteiger partial charge in [0, 0.05) is 54.9 Å². The second kappa shape index (κ2) is 8.99. The van der Waals surface area contributed by atoms with Crippen molar-refractivity contribution < 1.29 is 19.0 Å². The molecule has 2 aromatic carbocycles. The third kappa shape index (κ3) is 4.08. The summed E-state index contributed by atoms with van der Waals surface area (Å²) in [6, 6.07) is 6.24. The fraction of sp³-hybridized carbons (Fsp3) is 0.348. The van der Waals surface area contributed by atoms with Gasteiger partial charge < -0.3 is 14.7 Å². The first-order chi connectivity index (χ1) is 14.9. The first-order valence-electron chi connectivity index (χ1n) is 10.00. The van der Waals surface area contributed by atoms with E-state index in [-0.39, 0.29) is 46.2 Å². The average Bonchev–Trinajstić information content (AvgIpc) is 2.93. The summed E-state index contributed by atoms with van der Waals surface area (Å²) < 4.78 is 21.6. The standard InChI is InChI=1S/C23H22ClFN2O3S/c1-2-14-10-15-11-26-7-8-27(19(29)6-9-31)12-16(26)13-30-23(15)22(25)20(14)21-17(24)4-3-5-18(21)28/h1,3-5,10,16,28,31H,6-9,11-13H2/t16-/m1/s1. The summed E-state index contributed by atoms with van der Waals surface area (Å²) in [5, 5.41) is 10.5. The predicted octanol–water partition coefficient (Wildman–Crippen LogP) is 3.56. The Balaban J connectivity index is 1.71. The summed E-state index contributed by atoms with van der Waals surface area (Å²) >= 11 is 10.4. The van der Waals surface area contributed by atoms with Crippen LogP contribution in [-0.2, 0) is 11.3 Å². The Morgan fingerprint density at radius 3 is 2.90 bits per heavy atom. The molecule has 0 radical (unpaired) electrons. The maximum absolute atomic E-state index is 15.7. The van der Waals surface area contributed by atoms with Crippen LogP contribution in [0.5, 0.6) is 11.5 Å². The number of carbonyl (C=O) groups excluding carboxylic acids is 1. The maximum Gasteiger partial charge on any atom is 0.223 e. The van der Waals surface area contributed by atoms with E-state index in [2.05, 4.69) is 23.4 Å². The Hall–Kier alpha value is -2.40. The molecule has 2 aliphatic rings. The van der Waals surface area contributed by atoms with Gasteiger partial charge in [-0.15, -0.1) is 6.42 Å². The van der Waals surface area contributed by atoms with Gasteiger partial charge in [-0.25, -0.2) is 4.39 Å². The van der Waals surface area contributed by atoms with Gasteiger partial charge in [-0.3, -0.25) is 9.69 Å². The van der Waals surface area contributed by atoms with E-state index in [4.69, 9.17) is 22.8 Å². The van der Waals surface area contributed by atoms with Crippen LogP contribution in [0.25, 0.3) is 11.1 Å². The second-order valence-electron chi connectivity index (χ2n) is 7.63. The van der Waals surface area contributed by atoms with E-state index in [9.17, 15) is 9.90 Å². The van der Waals surface area contributed by atoms with E-state index in [0.717, 1.165) is 0 Å². The minimum absolute atomic E-state index is 0.0507. The zero-order chi connectivity index (χ0) is 22.1. The largest absolute Gasteiger partial charge is 0.507 e. The number of piperazine rings is 1. The highest BCUT2D eigenvalue weighted by Crippen LogP contribution is 2.43. The van der Waals surface area contributed by atoms with Crippen molar-refractivity contribution in [3.05, 3.63) is 46.2 Å². The number of amides is 1. The summed E-state index contributed by atoms with van der Waals surface area (Å²) in [4.78, 5) is 16.3. The van der Waals surface area contributed by atoms with E-state index in [1.54, 1.807) is 18.2 Å². The van der Waals surface area contributed by atoms with Crippen LogP contribution in [0, 0.1) is 18.2 Å². The number of aromatic hydroxyl groups is 1. The highest BCUT2D eigenvalue weighted by Gasteiger charge is 2.34. The Bertz CT molecular complexity index is 1050. The Morgan fingerprint density at radius 1 is 1.39 bits per heavy atom. The van der Waals surface area contributed by atoms with E-state index in [0.29, 0.717) is 49.5 Å². The fourth-order valence-electron chi connectivity index (χ4n) is 4.21. The molecular weight excluding hydrogens is 439 g/mol. The molecule has 0 saturated carbocycles. The molecule has 1 fully saturated rings. The molecule has 31 heavy (non-hydrogen) atoms. The zero-order valence-corrected chi connectivity index (χ0v) is 18.4. The number of terminal acetylenes is 1. The van der Waals surface area contributed by atoms with Gasteiger partial charge in [-0.1, -0.05) is 23.6 Å². The molecule has 1 saturated heterocycles. The second-order valence-corrected chi connectivity index (χ2v) is 8.48. The first-order valence-corrected chi connectivity index (χ1v) is 11.0. The Labute approximate surface area is 191 Å². The molecular formula is C23H22ClFN2O3S. The smallest absolute Gasteiger partial charge is 0.223 e. The van der Waals surface area contributed by atoms with Gasteiger partial charge in [0.05, 0.1) is 11.1 Å². The summed E-state index contributed by atoms with van der Waals surface area (Å²) in [6.07, 6.45) is 6.09. The predicted molar refractivity (Wildman–Crippen MR) is 121 cm³/mol. The number of phenols is 1. The van der Waals surface area contributed by atoms with Crippen LogP contribution >= 0.6 is 24.2 Å². The van der Waals surface area contributed by atoms with Gasteiger partial charge in [0.15, 0.2) is 11.6 Å². The third-order valence-corrected chi connectivity index (χ3v) is 6.31. The van der Waals surface area contributed by atoms with Gasteiger partial charge in [0.2, 0.25) is 5.91 Å². The highest BCUT2D eigenvalue weighted by molar-refractivity contribution is 7.80. The highest BCUT2D eigenvalue weighted by atomic mass is 35.5. The van der Waals surface area contributed by atoms with Crippen LogP contribution in [0.1, 0.15) is 17.5 Å². The number of phenolic OH excluding ortho intramolecular Hbond substituents is 1. The average molecular weight is 461 g/mol. The molecule has 2 aliphatic heterocycles. The van der Waals surface area contributed by atoms with Crippen LogP contribution in [-0.4, -0.2) is 58.8 Å². The van der Waals surface area contributed by atoms with Gasteiger partial charge in [-0.05, 0) is 24.0 Å². The lowest BCUT2D eigenvalue weighted by Gasteiger charge is -2.39. The molecule has 4 rings (SSSR count). The van der Waals surface area contributed by atoms with Crippen molar-refractivity contribution >= 4 is 30.1 Å². The zero-order valence-electron chi connectivity index (χ0n) is 16.8. The fourth-order valence-corrected chi connectivity index (χ4v) is 4.67. The molecule has 1 atom stereocenters. The van der Waals surface area contributed by atoms with Crippen molar-refractivity contribution in [3.63, 3.8) is 0 Å². The summed E-state index contributed by atoms with van der Waals surface area (Å²) in [5.41, 5.74) is 1.13. The minimum Gasteiger partial charge on any atom is -0.507 e. The van der Waals surface area contributed by atoms with Gasteiger partial charge in [-0.2, -0.15) is 12.6 Å². The quantitative estimate of drug-likeness (QED) is 0.543. The molecule has 5 nitrogen and oxygen atoms in total. The lowest BCUT2D eigenvalue weighted by molar-refractivity contribution is -0.134. The molecule has 0 bridgehead atoms. The van der Waals surface area contributed by atoms with Crippen molar-refractivity contribution in [3.8, 4) is 35.0 Å². The maximum atomic E-state index is 15.7. The number of nitrogens with zero attached hydrogens (tertiary/aromatic N) is 2. The molecule has 1 amide bonds. The summed E-state index contributed by atoms with van der Waals surface area (Å²) in [5.74, 6) is 2.40. The molecule has 2 heterocycles. The molecule has 0 aromatic heterocycles. The number of ether oxygens (including phenoxy) is 1. The Morgan fingerprint density at radius 2 is 2.19 bits per heavy atom. The molecule has 0 aliphatic carbocycles. The van der Waals surface area contributed by atoms with Gasteiger partial charge >= 0.3 is 0 Å². The summed E-state index contributed by atoms with van der Waals surface area (Å²) in [7, 11) is 0. The molecule has 8 heteroatoms. The van der Waals surface area contributed by atoms with Crippen LogP contribution < -0.4 is 4.74 Å². The van der Waals surface area contributed by atoms with Gasteiger partial charge in [0.25, 0.3) is 0 Å². The number of carbonyl (C=O) groups is 1. The van der Waals surface area contributed by atoms with Crippen molar-refractivity contribution in [2.45, 2.75) is 19.0 Å². The van der Waals surface area contributed by atoms with Crippen molar-refractivity contribution in [1.29, 1.82) is 0 Å². The van der Waals surface area contributed by atoms with E-state index >= 15 is 4.39 Å². The van der Waals surface area contributed by atoms with Crippen LogP contribution in [0.2, 0.25) is 5.02 Å². The molecule has 0 spiro atoms. The molecule has 1 N–H and O–H groups in total.